The largest absolute Gasteiger partial charge is 0.490 e. The molecule has 33 heavy (non-hydrogen) atoms. The van der Waals surface area contributed by atoms with Crippen LogP contribution in [0.5, 0.6) is 5.75 Å². The van der Waals surface area contributed by atoms with Gasteiger partial charge in [-0.1, -0.05) is 24.3 Å². The van der Waals surface area contributed by atoms with E-state index in [9.17, 15) is 35.8 Å². The van der Waals surface area contributed by atoms with E-state index in [1.807, 2.05) is 18.2 Å². The molecule has 12 heteroatoms. The Morgan fingerprint density at radius 1 is 0.939 bits per heavy atom. The summed E-state index contributed by atoms with van der Waals surface area (Å²) in [5.41, 5.74) is 1.51. The first-order chi connectivity index (χ1) is 14.8. The van der Waals surface area contributed by atoms with Crippen LogP contribution in [-0.4, -0.2) is 58.4 Å². The highest BCUT2D eigenvalue weighted by Crippen LogP contribution is 2.48. The molecular formula is C21H22F7IN2O2. The molecule has 0 aliphatic heterocycles. The summed E-state index contributed by atoms with van der Waals surface area (Å²) >= 11 is 0. The van der Waals surface area contributed by atoms with Gasteiger partial charge in [-0.05, 0) is 32.0 Å². The van der Waals surface area contributed by atoms with Crippen molar-refractivity contribution in [3.63, 3.8) is 0 Å². The number of fused-ring (bicyclic) bond motifs is 3. The highest BCUT2D eigenvalue weighted by Gasteiger charge is 2.75. The minimum absolute atomic E-state index is 0. The lowest BCUT2D eigenvalue weighted by Gasteiger charge is -2.39. The summed E-state index contributed by atoms with van der Waals surface area (Å²) in [7, 11) is 0. The van der Waals surface area contributed by atoms with E-state index in [0.29, 0.717) is 16.7 Å². The van der Waals surface area contributed by atoms with Gasteiger partial charge >= 0.3 is 18.1 Å². The fraction of sp³-hybridized carbons (Fsp3) is 0.429. The van der Waals surface area contributed by atoms with E-state index in [1.54, 1.807) is 24.3 Å². The van der Waals surface area contributed by atoms with Crippen LogP contribution in [0, 0.1) is 0 Å². The Labute approximate surface area is 201 Å². The topological polar surface area (TPSA) is 48.5 Å². The maximum Gasteiger partial charge on any atom is 0.461 e. The first kappa shape index (κ1) is 27.4. The molecule has 0 saturated heterocycles. The van der Waals surface area contributed by atoms with Gasteiger partial charge in [0.2, 0.25) is 0 Å². The lowest BCUT2D eigenvalue weighted by molar-refractivity contribution is -0.393. The molecule has 0 aliphatic rings. The number of alkyl halides is 7. The van der Waals surface area contributed by atoms with Crippen molar-refractivity contribution in [2.24, 2.45) is 0 Å². The number of aromatic amines is 1. The third-order valence-electron chi connectivity index (χ3n) is 5.05. The summed E-state index contributed by atoms with van der Waals surface area (Å²) in [6.45, 7) is 0.289. The monoisotopic (exact) mass is 594 g/mol. The van der Waals surface area contributed by atoms with Crippen LogP contribution in [0.2, 0.25) is 0 Å². The molecule has 3 rings (SSSR count). The zero-order valence-corrected chi connectivity index (χ0v) is 19.8. The number of ether oxygens (including phenoxy) is 1. The van der Waals surface area contributed by atoms with Gasteiger partial charge in [0.25, 0.3) is 0 Å². The minimum Gasteiger partial charge on any atom is -0.490 e. The standard InChI is InChI=1S/C21H21F7N2O2.HI/c1-12(2)30(21(27,28)19(22,23)20(24,25)26)10-13(31)11-32-17-9-5-8-16-18(17)14-6-3-4-7-15(14)29-16;/h3-9,12-13,29,31H,10-11H2,1-2H3;1H. The average Bonchev–Trinajstić information content (AvgIpc) is 3.08. The molecule has 2 N–H and O–H groups in total. The lowest BCUT2D eigenvalue weighted by atomic mass is 10.1. The highest BCUT2D eigenvalue weighted by molar-refractivity contribution is 14.0. The number of aliphatic hydroxyl groups excluding tert-OH is 1. The van der Waals surface area contributed by atoms with Gasteiger partial charge in [0.15, 0.2) is 0 Å². The van der Waals surface area contributed by atoms with Gasteiger partial charge in [-0.25, -0.2) is 4.90 Å². The number of rotatable bonds is 8. The summed E-state index contributed by atoms with van der Waals surface area (Å²) in [5.74, 6) is -6.01. The number of nitrogens with zero attached hydrogens (tertiary/aromatic N) is 1. The van der Waals surface area contributed by atoms with E-state index >= 15 is 0 Å². The molecule has 0 bridgehead atoms. The van der Waals surface area contributed by atoms with Gasteiger partial charge in [0.05, 0.1) is 5.52 Å². The SMILES string of the molecule is CC(C)N(CC(O)COc1cccc2[nH]c3ccccc3c12)C(F)(F)C(F)(F)C(F)(F)F.I. The third kappa shape index (κ3) is 5.16. The number of halogens is 8. The van der Waals surface area contributed by atoms with Crippen molar-refractivity contribution in [3.05, 3.63) is 42.5 Å². The normalized spacial score (nSPS) is 14.2. The van der Waals surface area contributed by atoms with E-state index in [-0.39, 0.29) is 28.9 Å². The maximum absolute atomic E-state index is 14.2. The van der Waals surface area contributed by atoms with Gasteiger partial charge in [-0.15, -0.1) is 24.0 Å². The number of hydrogen-bond acceptors (Lipinski definition) is 3. The molecule has 2 aromatic carbocycles. The van der Waals surface area contributed by atoms with E-state index < -0.39 is 43.4 Å². The predicted octanol–water partition coefficient (Wildman–Crippen LogP) is 6.18. The smallest absolute Gasteiger partial charge is 0.461 e. The summed E-state index contributed by atoms with van der Waals surface area (Å²) < 4.78 is 98.5. The van der Waals surface area contributed by atoms with Crippen molar-refractivity contribution in [3.8, 4) is 5.75 Å². The number of para-hydroxylation sites is 1. The zero-order valence-electron chi connectivity index (χ0n) is 17.5. The van der Waals surface area contributed by atoms with E-state index in [1.165, 1.54) is 0 Å². The number of hydrogen-bond donors (Lipinski definition) is 2. The summed E-state index contributed by atoms with van der Waals surface area (Å²) in [6.07, 6.45) is -8.23. The van der Waals surface area contributed by atoms with Gasteiger partial charge < -0.3 is 14.8 Å². The Morgan fingerprint density at radius 3 is 2.15 bits per heavy atom. The molecule has 0 spiro atoms. The van der Waals surface area contributed by atoms with Gasteiger partial charge in [-0.3, -0.25) is 0 Å². The molecule has 0 radical (unpaired) electrons. The van der Waals surface area contributed by atoms with Crippen molar-refractivity contribution < 1.29 is 40.6 Å². The van der Waals surface area contributed by atoms with Crippen LogP contribution < -0.4 is 4.74 Å². The average molecular weight is 594 g/mol. The third-order valence-corrected chi connectivity index (χ3v) is 5.05. The van der Waals surface area contributed by atoms with Crippen LogP contribution in [0.1, 0.15) is 13.8 Å². The van der Waals surface area contributed by atoms with Crippen LogP contribution in [0.25, 0.3) is 21.8 Å². The summed E-state index contributed by atoms with van der Waals surface area (Å²) in [4.78, 5) is 2.79. The lowest BCUT2D eigenvalue weighted by Crippen LogP contribution is -2.64. The molecule has 3 aromatic rings. The Kier molecular flexibility index (Phi) is 8.17. The van der Waals surface area contributed by atoms with E-state index in [4.69, 9.17) is 4.74 Å². The van der Waals surface area contributed by atoms with Crippen LogP contribution in [0.3, 0.4) is 0 Å². The molecule has 0 amide bonds. The second kappa shape index (κ2) is 9.82. The Balaban J connectivity index is 0.00000385. The molecule has 1 aromatic heterocycles. The first-order valence-electron chi connectivity index (χ1n) is 9.66. The fourth-order valence-electron chi connectivity index (χ4n) is 3.45. The Morgan fingerprint density at radius 2 is 1.55 bits per heavy atom. The molecule has 4 nitrogen and oxygen atoms in total. The second-order valence-electron chi connectivity index (χ2n) is 7.67. The molecule has 0 fully saturated rings. The van der Waals surface area contributed by atoms with Crippen LogP contribution >= 0.6 is 24.0 Å². The number of aliphatic hydroxyl groups is 1. The van der Waals surface area contributed by atoms with Crippen LogP contribution in [0.15, 0.2) is 42.5 Å². The van der Waals surface area contributed by atoms with Crippen LogP contribution in [-0.2, 0) is 0 Å². The van der Waals surface area contributed by atoms with Gasteiger partial charge in [0.1, 0.15) is 18.5 Å². The number of aromatic nitrogens is 1. The number of nitrogens with one attached hydrogen (secondary N) is 1. The van der Waals surface area contributed by atoms with Crippen molar-refractivity contribution in [2.45, 2.75) is 44.1 Å². The van der Waals surface area contributed by atoms with E-state index in [0.717, 1.165) is 24.8 Å². The molecule has 184 valence electrons. The minimum atomic E-state index is -6.46. The molecule has 1 heterocycles. The molecule has 0 aliphatic carbocycles. The van der Waals surface area contributed by atoms with Crippen molar-refractivity contribution in [1.29, 1.82) is 0 Å². The fourth-order valence-corrected chi connectivity index (χ4v) is 3.45. The second-order valence-corrected chi connectivity index (χ2v) is 7.67. The molecule has 1 atom stereocenters. The Bertz CT molecular complexity index is 1090. The number of H-pyrrole nitrogens is 1. The van der Waals surface area contributed by atoms with Gasteiger partial charge in [-0.2, -0.15) is 30.7 Å². The van der Waals surface area contributed by atoms with Crippen molar-refractivity contribution in [2.75, 3.05) is 13.2 Å². The molecule has 0 saturated carbocycles. The van der Waals surface area contributed by atoms with Crippen molar-refractivity contribution in [1.82, 2.24) is 9.88 Å². The van der Waals surface area contributed by atoms with E-state index in [2.05, 4.69) is 4.98 Å². The quantitative estimate of drug-likeness (QED) is 0.186. The van der Waals surface area contributed by atoms with Gasteiger partial charge in [0, 0.05) is 28.9 Å². The highest BCUT2D eigenvalue weighted by atomic mass is 127. The predicted molar refractivity (Wildman–Crippen MR) is 121 cm³/mol. The number of benzene rings is 2. The summed E-state index contributed by atoms with van der Waals surface area (Å²) in [5, 5.41) is 11.6. The maximum atomic E-state index is 14.2. The first-order valence-corrected chi connectivity index (χ1v) is 9.66. The zero-order chi connectivity index (χ0) is 23.9. The molecule has 1 unspecified atom stereocenters. The molecular weight excluding hydrogens is 572 g/mol. The summed E-state index contributed by atoms with van der Waals surface area (Å²) in [6, 6.07) is 5.26. The van der Waals surface area contributed by atoms with Crippen molar-refractivity contribution >= 4 is 45.8 Å². The Hall–Kier alpha value is -1.80. The van der Waals surface area contributed by atoms with Crippen LogP contribution in [0.4, 0.5) is 30.7 Å².